The summed E-state index contributed by atoms with van der Waals surface area (Å²) in [5, 5.41) is 9.37. The number of hydrogen-bond acceptors (Lipinski definition) is 3. The third kappa shape index (κ3) is 3.60. The normalized spacial score (nSPS) is 10.4. The van der Waals surface area contributed by atoms with Gasteiger partial charge < -0.3 is 9.84 Å². The number of hydrogen-bond donors (Lipinski definition) is 1. The van der Waals surface area contributed by atoms with E-state index in [-0.39, 0.29) is 5.56 Å². The number of aryl methyl sites for hydroxylation is 1. The monoisotopic (exact) mass is 319 g/mol. The van der Waals surface area contributed by atoms with E-state index in [1.165, 1.54) is 0 Å². The lowest BCUT2D eigenvalue weighted by molar-refractivity contribution is 0.0692. The maximum absolute atomic E-state index is 11.4. The first-order chi connectivity index (χ1) is 11.6. The molecule has 120 valence electrons. The first-order valence-electron chi connectivity index (χ1n) is 7.60. The molecule has 2 aromatic carbocycles. The summed E-state index contributed by atoms with van der Waals surface area (Å²) < 4.78 is 5.77. The fourth-order valence-electron chi connectivity index (χ4n) is 2.37. The van der Waals surface area contributed by atoms with E-state index in [4.69, 9.17) is 4.74 Å². The first kappa shape index (κ1) is 15.7. The highest BCUT2D eigenvalue weighted by Crippen LogP contribution is 2.28. The summed E-state index contributed by atoms with van der Waals surface area (Å²) >= 11 is 0. The standard InChI is InChI=1S/C20H17NO3/c1-14-7-8-17(12-21-14)16-9-10-18(20(22)23)19(11-16)24-13-15-5-3-2-4-6-15/h2-12H,13H2,1H3,(H,22,23). The summed E-state index contributed by atoms with van der Waals surface area (Å²) in [6.07, 6.45) is 1.77. The zero-order valence-electron chi connectivity index (χ0n) is 13.3. The van der Waals surface area contributed by atoms with Crippen LogP contribution in [0.5, 0.6) is 5.75 Å². The number of aromatic carboxylic acids is 1. The van der Waals surface area contributed by atoms with Crippen LogP contribution in [0, 0.1) is 6.92 Å². The Labute approximate surface area is 140 Å². The minimum atomic E-state index is -1.01. The Hall–Kier alpha value is -3.14. The van der Waals surface area contributed by atoms with Crippen molar-refractivity contribution in [1.82, 2.24) is 4.98 Å². The van der Waals surface area contributed by atoms with Gasteiger partial charge in [0.25, 0.3) is 0 Å². The summed E-state index contributed by atoms with van der Waals surface area (Å²) in [4.78, 5) is 15.7. The molecule has 0 saturated carbocycles. The van der Waals surface area contributed by atoms with E-state index in [0.29, 0.717) is 12.4 Å². The second-order valence-corrected chi connectivity index (χ2v) is 5.48. The molecule has 0 unspecified atom stereocenters. The highest BCUT2D eigenvalue weighted by atomic mass is 16.5. The molecular formula is C20H17NO3. The van der Waals surface area contributed by atoms with E-state index in [2.05, 4.69) is 4.98 Å². The van der Waals surface area contributed by atoms with Crippen molar-refractivity contribution in [3.63, 3.8) is 0 Å². The van der Waals surface area contributed by atoms with Gasteiger partial charge in [-0.15, -0.1) is 0 Å². The molecule has 0 fully saturated rings. The van der Waals surface area contributed by atoms with Crippen LogP contribution in [0.2, 0.25) is 0 Å². The lowest BCUT2D eigenvalue weighted by Crippen LogP contribution is -2.03. The number of rotatable bonds is 5. The van der Waals surface area contributed by atoms with Gasteiger partial charge >= 0.3 is 5.97 Å². The van der Waals surface area contributed by atoms with Crippen LogP contribution in [0.25, 0.3) is 11.1 Å². The van der Waals surface area contributed by atoms with Gasteiger partial charge in [-0.3, -0.25) is 4.98 Å². The molecule has 3 aromatic rings. The molecule has 24 heavy (non-hydrogen) atoms. The lowest BCUT2D eigenvalue weighted by Gasteiger charge is -2.11. The molecule has 0 spiro atoms. The second kappa shape index (κ2) is 6.96. The van der Waals surface area contributed by atoms with E-state index >= 15 is 0 Å². The highest BCUT2D eigenvalue weighted by molar-refractivity contribution is 5.92. The third-order valence-electron chi connectivity index (χ3n) is 3.69. The molecule has 0 bridgehead atoms. The van der Waals surface area contributed by atoms with Gasteiger partial charge in [-0.25, -0.2) is 4.79 Å². The number of carboxylic acid groups (broad SMARTS) is 1. The predicted octanol–water partition coefficient (Wildman–Crippen LogP) is 4.33. The fraction of sp³-hybridized carbons (Fsp3) is 0.100. The SMILES string of the molecule is Cc1ccc(-c2ccc(C(=O)O)c(OCc3ccccc3)c2)cn1. The summed E-state index contributed by atoms with van der Waals surface area (Å²) in [6, 6.07) is 18.6. The Morgan fingerprint density at radius 1 is 1.04 bits per heavy atom. The van der Waals surface area contributed by atoms with Crippen molar-refractivity contribution in [2.75, 3.05) is 0 Å². The molecule has 0 aliphatic carbocycles. The van der Waals surface area contributed by atoms with Gasteiger partial charge in [0.1, 0.15) is 17.9 Å². The molecule has 1 aromatic heterocycles. The molecule has 0 saturated heterocycles. The Bertz CT molecular complexity index is 843. The van der Waals surface area contributed by atoms with Gasteiger partial charge in [-0.05, 0) is 36.2 Å². The topological polar surface area (TPSA) is 59.4 Å². The molecule has 0 radical (unpaired) electrons. The molecular weight excluding hydrogens is 302 g/mol. The largest absolute Gasteiger partial charge is 0.488 e. The Morgan fingerprint density at radius 2 is 1.79 bits per heavy atom. The Morgan fingerprint density at radius 3 is 2.46 bits per heavy atom. The van der Waals surface area contributed by atoms with E-state index in [1.54, 1.807) is 24.4 Å². The number of carboxylic acids is 1. The van der Waals surface area contributed by atoms with Gasteiger partial charge in [0.05, 0.1) is 0 Å². The quantitative estimate of drug-likeness (QED) is 0.760. The van der Waals surface area contributed by atoms with Gasteiger partial charge in [-0.1, -0.05) is 42.5 Å². The first-order valence-corrected chi connectivity index (χ1v) is 7.60. The van der Waals surface area contributed by atoms with E-state index in [9.17, 15) is 9.90 Å². The summed E-state index contributed by atoms with van der Waals surface area (Å²) in [5.74, 6) is -0.656. The van der Waals surface area contributed by atoms with Crippen molar-refractivity contribution in [1.29, 1.82) is 0 Å². The molecule has 1 heterocycles. The highest BCUT2D eigenvalue weighted by Gasteiger charge is 2.13. The zero-order valence-corrected chi connectivity index (χ0v) is 13.3. The van der Waals surface area contributed by atoms with Gasteiger partial charge in [0.2, 0.25) is 0 Å². The smallest absolute Gasteiger partial charge is 0.339 e. The molecule has 0 atom stereocenters. The van der Waals surface area contributed by atoms with Crippen LogP contribution in [-0.2, 0) is 6.61 Å². The average molecular weight is 319 g/mol. The lowest BCUT2D eigenvalue weighted by atomic mass is 10.0. The molecule has 4 nitrogen and oxygen atoms in total. The van der Waals surface area contributed by atoms with Crippen molar-refractivity contribution >= 4 is 5.97 Å². The fourth-order valence-corrected chi connectivity index (χ4v) is 2.37. The Balaban J connectivity index is 1.91. The number of ether oxygens (including phenoxy) is 1. The molecule has 0 amide bonds. The molecule has 4 heteroatoms. The van der Waals surface area contributed by atoms with Crippen molar-refractivity contribution in [2.24, 2.45) is 0 Å². The summed E-state index contributed by atoms with van der Waals surface area (Å²) in [5.41, 5.74) is 3.85. The van der Waals surface area contributed by atoms with Crippen LogP contribution < -0.4 is 4.74 Å². The number of benzene rings is 2. The van der Waals surface area contributed by atoms with Crippen LogP contribution in [0.3, 0.4) is 0 Å². The minimum Gasteiger partial charge on any atom is -0.488 e. The average Bonchev–Trinajstić information content (AvgIpc) is 2.61. The molecule has 3 rings (SSSR count). The Kier molecular flexibility index (Phi) is 4.57. The number of aromatic nitrogens is 1. The van der Waals surface area contributed by atoms with Crippen molar-refractivity contribution in [2.45, 2.75) is 13.5 Å². The molecule has 0 aliphatic rings. The van der Waals surface area contributed by atoms with Crippen LogP contribution in [0.4, 0.5) is 0 Å². The van der Waals surface area contributed by atoms with Crippen LogP contribution in [0.15, 0.2) is 66.9 Å². The van der Waals surface area contributed by atoms with E-state index in [1.807, 2.05) is 49.4 Å². The van der Waals surface area contributed by atoms with Gasteiger partial charge in [0, 0.05) is 17.5 Å². The summed E-state index contributed by atoms with van der Waals surface area (Å²) in [7, 11) is 0. The maximum atomic E-state index is 11.4. The van der Waals surface area contributed by atoms with Crippen molar-refractivity contribution < 1.29 is 14.6 Å². The predicted molar refractivity (Wildman–Crippen MR) is 92.1 cm³/mol. The zero-order chi connectivity index (χ0) is 16.9. The maximum Gasteiger partial charge on any atom is 0.339 e. The second-order valence-electron chi connectivity index (χ2n) is 5.48. The van der Waals surface area contributed by atoms with Crippen LogP contribution in [-0.4, -0.2) is 16.1 Å². The van der Waals surface area contributed by atoms with Crippen LogP contribution >= 0.6 is 0 Å². The number of nitrogens with zero attached hydrogens (tertiary/aromatic N) is 1. The van der Waals surface area contributed by atoms with Crippen LogP contribution in [0.1, 0.15) is 21.6 Å². The van der Waals surface area contributed by atoms with Gasteiger partial charge in [-0.2, -0.15) is 0 Å². The summed E-state index contributed by atoms with van der Waals surface area (Å²) in [6.45, 7) is 2.24. The minimum absolute atomic E-state index is 0.148. The van der Waals surface area contributed by atoms with E-state index in [0.717, 1.165) is 22.4 Å². The number of carbonyl (C=O) groups is 1. The van der Waals surface area contributed by atoms with Crippen molar-refractivity contribution in [3.05, 3.63) is 83.7 Å². The molecule has 1 N–H and O–H groups in total. The number of pyridine rings is 1. The third-order valence-corrected chi connectivity index (χ3v) is 3.69. The van der Waals surface area contributed by atoms with Gasteiger partial charge in [0.15, 0.2) is 0 Å². The van der Waals surface area contributed by atoms with Crippen molar-refractivity contribution in [3.8, 4) is 16.9 Å². The molecule has 0 aliphatic heterocycles. The van der Waals surface area contributed by atoms with E-state index < -0.39 is 5.97 Å².